The lowest BCUT2D eigenvalue weighted by atomic mass is 10.3. The lowest BCUT2D eigenvalue weighted by Crippen LogP contribution is -2.26. The van der Waals surface area contributed by atoms with E-state index in [4.69, 9.17) is 4.74 Å². The van der Waals surface area contributed by atoms with Crippen LogP contribution >= 0.6 is 11.9 Å². The maximum atomic E-state index is 11.0. The van der Waals surface area contributed by atoms with E-state index in [9.17, 15) is 9.59 Å². The first-order valence-corrected chi connectivity index (χ1v) is 6.15. The first kappa shape index (κ1) is 14.2. The molecule has 0 radical (unpaired) electrons. The Kier molecular flexibility index (Phi) is 5.86. The van der Waals surface area contributed by atoms with Gasteiger partial charge in [-0.25, -0.2) is 4.79 Å². The normalized spacial score (nSPS) is 9.44. The molecule has 0 bridgehead atoms. The molecule has 1 aromatic rings. The molecule has 0 saturated carbocycles. The van der Waals surface area contributed by atoms with Gasteiger partial charge in [0.1, 0.15) is 0 Å². The number of rotatable bonds is 5. The van der Waals surface area contributed by atoms with Crippen molar-refractivity contribution in [1.82, 2.24) is 10.1 Å². The number of hydrazine groups is 1. The van der Waals surface area contributed by atoms with E-state index in [0.29, 0.717) is 6.61 Å². The van der Waals surface area contributed by atoms with Crippen molar-refractivity contribution in [3.63, 3.8) is 0 Å². The zero-order chi connectivity index (χ0) is 13.4. The predicted molar refractivity (Wildman–Crippen MR) is 69.9 cm³/mol. The summed E-state index contributed by atoms with van der Waals surface area (Å²) < 4.78 is 7.26. The highest BCUT2D eigenvalue weighted by atomic mass is 32.2. The van der Waals surface area contributed by atoms with Crippen LogP contribution in [0.4, 0.5) is 10.5 Å². The summed E-state index contributed by atoms with van der Waals surface area (Å²) in [5.74, 6) is -0.169. The van der Waals surface area contributed by atoms with E-state index >= 15 is 0 Å². The van der Waals surface area contributed by atoms with Crippen molar-refractivity contribution >= 4 is 29.6 Å². The Balaban J connectivity index is 2.40. The van der Waals surface area contributed by atoms with Gasteiger partial charge in [-0.05, 0) is 43.1 Å². The second-order valence-electron chi connectivity index (χ2n) is 3.26. The lowest BCUT2D eigenvalue weighted by molar-refractivity contribution is -0.118. The molecule has 0 atom stereocenters. The Labute approximate surface area is 110 Å². The molecular formula is C11H15N3O3S. The molecule has 2 amide bonds. The third-order valence-corrected chi connectivity index (χ3v) is 2.54. The summed E-state index contributed by atoms with van der Waals surface area (Å²) >= 11 is 1.16. The minimum absolute atomic E-state index is 0.169. The maximum absolute atomic E-state index is 11.0. The molecular weight excluding hydrogens is 254 g/mol. The quantitative estimate of drug-likeness (QED) is 0.562. The smallest absolute Gasteiger partial charge is 0.417 e. The number of nitrogens with one attached hydrogen (secondary N) is 3. The predicted octanol–water partition coefficient (Wildman–Crippen LogP) is 1.90. The molecule has 0 spiro atoms. The fourth-order valence-electron chi connectivity index (χ4n) is 1.03. The molecule has 18 heavy (non-hydrogen) atoms. The zero-order valence-electron chi connectivity index (χ0n) is 10.1. The minimum Gasteiger partial charge on any atom is -0.449 e. The Morgan fingerprint density at radius 3 is 2.50 bits per heavy atom. The third-order valence-electron chi connectivity index (χ3n) is 1.76. The van der Waals surface area contributed by atoms with Gasteiger partial charge in [0.25, 0.3) is 0 Å². The van der Waals surface area contributed by atoms with Gasteiger partial charge in [-0.3, -0.25) is 20.4 Å². The Hall–Kier alpha value is -1.89. The van der Waals surface area contributed by atoms with Gasteiger partial charge < -0.3 is 4.74 Å². The average molecular weight is 269 g/mol. The fraction of sp³-hybridized carbons (Fsp3) is 0.273. The van der Waals surface area contributed by atoms with E-state index in [1.54, 1.807) is 31.2 Å². The second-order valence-corrected chi connectivity index (χ2v) is 4.13. The molecule has 0 saturated heterocycles. The van der Waals surface area contributed by atoms with E-state index in [2.05, 4.69) is 15.6 Å². The van der Waals surface area contributed by atoms with Crippen molar-refractivity contribution in [1.29, 1.82) is 0 Å². The number of hydrogen-bond donors (Lipinski definition) is 3. The molecule has 0 fully saturated rings. The summed E-state index contributed by atoms with van der Waals surface area (Å²) in [6.45, 7) is 3.50. The Bertz CT molecular complexity index is 408. The molecule has 0 unspecified atom stereocenters. The van der Waals surface area contributed by atoms with E-state index in [0.717, 1.165) is 22.5 Å². The summed E-state index contributed by atoms with van der Waals surface area (Å²) in [6, 6.07) is 7.18. The van der Waals surface area contributed by atoms with Gasteiger partial charge in [-0.2, -0.15) is 0 Å². The van der Waals surface area contributed by atoms with Gasteiger partial charge >= 0.3 is 6.09 Å². The Morgan fingerprint density at radius 1 is 1.28 bits per heavy atom. The number of anilines is 1. The van der Waals surface area contributed by atoms with Crippen LogP contribution in [-0.4, -0.2) is 18.6 Å². The average Bonchev–Trinajstić information content (AvgIpc) is 2.35. The fourth-order valence-corrected chi connectivity index (χ4v) is 1.56. The van der Waals surface area contributed by atoms with Gasteiger partial charge in [0.05, 0.1) is 12.3 Å². The zero-order valence-corrected chi connectivity index (χ0v) is 11.0. The van der Waals surface area contributed by atoms with Gasteiger partial charge in [0.2, 0.25) is 5.91 Å². The largest absolute Gasteiger partial charge is 0.449 e. The van der Waals surface area contributed by atoms with Crippen LogP contribution < -0.4 is 15.6 Å². The van der Waals surface area contributed by atoms with Gasteiger partial charge in [-0.1, -0.05) is 0 Å². The van der Waals surface area contributed by atoms with Crippen LogP contribution in [0.2, 0.25) is 0 Å². The van der Waals surface area contributed by atoms with Crippen LogP contribution in [0.15, 0.2) is 29.2 Å². The van der Waals surface area contributed by atoms with E-state index in [1.165, 1.54) is 6.92 Å². The molecule has 7 heteroatoms. The number of carbonyl (C=O) groups excluding carboxylic acids is 2. The molecule has 3 N–H and O–H groups in total. The van der Waals surface area contributed by atoms with Crippen molar-refractivity contribution in [2.24, 2.45) is 0 Å². The van der Waals surface area contributed by atoms with Crippen molar-refractivity contribution in [3.8, 4) is 0 Å². The first-order valence-electron chi connectivity index (χ1n) is 5.34. The van der Waals surface area contributed by atoms with Crippen molar-refractivity contribution < 1.29 is 14.3 Å². The van der Waals surface area contributed by atoms with Crippen molar-refractivity contribution in [3.05, 3.63) is 24.3 Å². The molecule has 6 nitrogen and oxygen atoms in total. The summed E-state index contributed by atoms with van der Waals surface area (Å²) in [5, 5.41) is 0. The highest BCUT2D eigenvalue weighted by molar-refractivity contribution is 7.98. The van der Waals surface area contributed by atoms with Crippen LogP contribution in [0, 0.1) is 0 Å². The summed E-state index contributed by atoms with van der Waals surface area (Å²) in [7, 11) is 0. The third kappa shape index (κ3) is 5.44. The molecule has 0 aromatic heterocycles. The van der Waals surface area contributed by atoms with Crippen molar-refractivity contribution in [2.75, 3.05) is 12.0 Å². The number of carbonyl (C=O) groups is 2. The van der Waals surface area contributed by atoms with Crippen LogP contribution in [-0.2, 0) is 9.53 Å². The minimum atomic E-state index is -0.469. The molecule has 0 heterocycles. The van der Waals surface area contributed by atoms with Crippen LogP contribution in [0.25, 0.3) is 0 Å². The molecule has 98 valence electrons. The highest BCUT2D eigenvalue weighted by Gasteiger charge is 2.01. The van der Waals surface area contributed by atoms with Crippen molar-refractivity contribution in [2.45, 2.75) is 18.7 Å². The van der Waals surface area contributed by atoms with E-state index in [1.807, 2.05) is 0 Å². The Morgan fingerprint density at radius 2 is 1.94 bits per heavy atom. The molecule has 0 aliphatic rings. The number of amides is 2. The number of ether oxygens (including phenoxy) is 1. The molecule has 0 aliphatic carbocycles. The van der Waals surface area contributed by atoms with Crippen LogP contribution in [0.1, 0.15) is 13.8 Å². The highest BCUT2D eigenvalue weighted by Crippen LogP contribution is 2.17. The SMILES string of the molecule is CCOC(=O)NSc1ccc(NNC(C)=O)cc1. The van der Waals surface area contributed by atoms with Crippen LogP contribution in [0.5, 0.6) is 0 Å². The van der Waals surface area contributed by atoms with Crippen LogP contribution in [0.3, 0.4) is 0 Å². The van der Waals surface area contributed by atoms with E-state index < -0.39 is 6.09 Å². The molecule has 1 rings (SSSR count). The number of benzene rings is 1. The number of hydrogen-bond acceptors (Lipinski definition) is 5. The monoisotopic (exact) mass is 269 g/mol. The standard InChI is InChI=1S/C11H15N3O3S/c1-3-17-11(16)14-18-10-6-4-9(5-7-10)13-12-8(2)15/h4-7,13H,3H2,1-2H3,(H,12,15)(H,14,16). The van der Waals surface area contributed by atoms with Gasteiger partial charge in [0.15, 0.2) is 0 Å². The topological polar surface area (TPSA) is 79.5 Å². The lowest BCUT2D eigenvalue weighted by Gasteiger charge is -2.07. The van der Waals surface area contributed by atoms with Gasteiger partial charge in [0, 0.05) is 11.8 Å². The molecule has 0 aliphatic heterocycles. The summed E-state index contributed by atoms with van der Waals surface area (Å²) in [6.07, 6.45) is -0.469. The summed E-state index contributed by atoms with van der Waals surface area (Å²) in [5.41, 5.74) is 5.95. The first-order chi connectivity index (χ1) is 8.61. The second kappa shape index (κ2) is 7.44. The molecule has 1 aromatic carbocycles. The summed E-state index contributed by atoms with van der Waals surface area (Å²) in [4.78, 5) is 22.6. The van der Waals surface area contributed by atoms with E-state index in [-0.39, 0.29) is 5.91 Å². The maximum Gasteiger partial charge on any atom is 0.417 e. The van der Waals surface area contributed by atoms with Gasteiger partial charge in [-0.15, -0.1) is 0 Å².